The van der Waals surface area contributed by atoms with Gasteiger partial charge in [0.2, 0.25) is 0 Å². The van der Waals surface area contributed by atoms with Gasteiger partial charge in [-0.2, -0.15) is 0 Å². The van der Waals surface area contributed by atoms with E-state index >= 15 is 0 Å². The van der Waals surface area contributed by atoms with Crippen molar-refractivity contribution in [1.29, 1.82) is 0 Å². The number of rotatable bonds is 12. The molecule has 1 rings (SSSR count). The van der Waals surface area contributed by atoms with Crippen molar-refractivity contribution < 1.29 is 32.7 Å². The summed E-state index contributed by atoms with van der Waals surface area (Å²) in [5.41, 5.74) is 0. The average Bonchev–Trinajstić information content (AvgIpc) is 2.99. The summed E-state index contributed by atoms with van der Waals surface area (Å²) < 4.78 is 0. The number of guanidine groups is 3. The van der Waals surface area contributed by atoms with Crippen molar-refractivity contribution in [3.8, 4) is 0 Å². The molecule has 1 fully saturated rings. The van der Waals surface area contributed by atoms with Crippen molar-refractivity contribution in [2.75, 3.05) is 39.3 Å². The predicted molar refractivity (Wildman–Crippen MR) is 220 cm³/mol. The van der Waals surface area contributed by atoms with Gasteiger partial charge in [0.25, 0.3) is 0 Å². The van der Waals surface area contributed by atoms with Crippen molar-refractivity contribution in [3.63, 3.8) is 0 Å². The topological polar surface area (TPSA) is 89.1 Å². The third-order valence-corrected chi connectivity index (χ3v) is 6.88. The summed E-state index contributed by atoms with van der Waals surface area (Å²) in [6.07, 6.45) is 9.00. The zero-order valence-electron chi connectivity index (χ0n) is 36.1. The molecule has 0 aromatic heterocycles. The van der Waals surface area contributed by atoms with E-state index in [4.69, 9.17) is 0 Å². The molecule has 0 spiro atoms. The fourth-order valence-corrected chi connectivity index (χ4v) is 4.56. The molecule has 0 bridgehead atoms. The Morgan fingerprint density at radius 3 is 0.653 bits per heavy atom. The molecule has 0 radical (unpaired) electrons. The zero-order valence-corrected chi connectivity index (χ0v) is 38.9. The monoisotopic (exact) mass is 768 g/mol. The molecular weight excluding hydrogens is 683 g/mol. The van der Waals surface area contributed by atoms with E-state index in [-0.39, 0.29) is 32.7 Å². The van der Waals surface area contributed by atoms with Crippen LogP contribution in [0.3, 0.4) is 0 Å². The van der Waals surface area contributed by atoms with E-state index in [1.807, 2.05) is 0 Å². The van der Waals surface area contributed by atoms with Gasteiger partial charge >= 0.3 is 32.7 Å². The van der Waals surface area contributed by atoms with Gasteiger partial charge in [0.1, 0.15) is 0 Å². The summed E-state index contributed by atoms with van der Waals surface area (Å²) in [4.78, 5) is 20.2. The molecule has 0 aromatic carbocycles. The van der Waals surface area contributed by atoms with E-state index < -0.39 is 0 Å². The second kappa shape index (κ2) is 35.3. The molecule has 1 aliphatic rings. The molecule has 0 saturated heterocycles. The third kappa shape index (κ3) is 33.8. The van der Waals surface area contributed by atoms with Gasteiger partial charge in [0, 0.05) is 17.9 Å². The van der Waals surface area contributed by atoms with Crippen LogP contribution >= 0.6 is 0 Å². The van der Waals surface area contributed by atoms with Crippen LogP contribution in [-0.4, -0.2) is 108 Å². The Morgan fingerprint density at radius 2 is 0.551 bits per heavy atom. The molecule has 288 valence electrons. The van der Waals surface area contributed by atoms with E-state index in [1.54, 1.807) is 0 Å². The van der Waals surface area contributed by atoms with E-state index in [0.29, 0.717) is 36.3 Å². The van der Waals surface area contributed by atoms with E-state index in [1.165, 1.54) is 38.5 Å². The SMILES string of the molecule is C1CCCCC1.CCN(CC)C(=NC(C)C)[N-]C(C)C.CCN(CC)C(=NC(C)C)[N-]C(C)C.CCN(CC)C(=NC(C)C)[N-]C(C)C.[Y+3]. The van der Waals surface area contributed by atoms with Crippen LogP contribution in [0.25, 0.3) is 16.0 Å². The number of nitrogens with zero attached hydrogens (tertiary/aromatic N) is 9. The van der Waals surface area contributed by atoms with E-state index in [9.17, 15) is 0 Å². The molecule has 0 aromatic rings. The molecule has 1 aliphatic carbocycles. The second-order valence-electron chi connectivity index (χ2n) is 13.9. The van der Waals surface area contributed by atoms with Crippen LogP contribution in [0, 0.1) is 0 Å². The van der Waals surface area contributed by atoms with Gasteiger partial charge in [0.15, 0.2) is 0 Å². The van der Waals surface area contributed by atoms with Crippen LogP contribution in [0.2, 0.25) is 0 Å². The van der Waals surface area contributed by atoms with E-state index in [0.717, 1.165) is 57.1 Å². The normalized spacial score (nSPS) is 13.6. The fraction of sp³-hybridized carbons (Fsp3) is 0.923. The van der Waals surface area contributed by atoms with Crippen LogP contribution in [0.1, 0.15) is 163 Å². The van der Waals surface area contributed by atoms with Gasteiger partial charge in [-0.3, -0.25) is 0 Å². The molecule has 0 amide bonds. The third-order valence-electron chi connectivity index (χ3n) is 6.88. The first-order valence-electron chi connectivity index (χ1n) is 19.6. The first-order valence-corrected chi connectivity index (χ1v) is 19.6. The Bertz CT molecular complexity index is 686. The molecule has 0 aliphatic heterocycles. The van der Waals surface area contributed by atoms with Crippen LogP contribution in [0.5, 0.6) is 0 Å². The Hall–Kier alpha value is -1.09. The van der Waals surface area contributed by atoms with Crippen molar-refractivity contribution in [2.45, 2.75) is 199 Å². The van der Waals surface area contributed by atoms with Crippen LogP contribution in [0.4, 0.5) is 0 Å². The van der Waals surface area contributed by atoms with Crippen molar-refractivity contribution in [1.82, 2.24) is 14.7 Å². The molecule has 10 heteroatoms. The average molecular weight is 768 g/mol. The van der Waals surface area contributed by atoms with Crippen LogP contribution < -0.4 is 0 Å². The molecule has 0 atom stereocenters. The molecule has 0 heterocycles. The fourth-order valence-electron chi connectivity index (χ4n) is 4.56. The van der Waals surface area contributed by atoms with Crippen molar-refractivity contribution in [3.05, 3.63) is 16.0 Å². The molecule has 1 saturated carbocycles. The summed E-state index contributed by atoms with van der Waals surface area (Å²) in [6.45, 7) is 43.6. The van der Waals surface area contributed by atoms with Crippen molar-refractivity contribution in [2.24, 2.45) is 15.0 Å². The van der Waals surface area contributed by atoms with Gasteiger partial charge in [-0.25, -0.2) is 0 Å². The quantitative estimate of drug-likeness (QED) is 0.146. The molecule has 0 unspecified atom stereocenters. The van der Waals surface area contributed by atoms with Gasteiger partial charge < -0.3 is 45.6 Å². The summed E-state index contributed by atoms with van der Waals surface area (Å²) in [5, 5.41) is 13.6. The minimum atomic E-state index is 0. The maximum atomic E-state index is 4.54. The summed E-state index contributed by atoms with van der Waals surface area (Å²) in [6, 6.07) is 1.88. The Kier molecular flexibility index (Phi) is 39.4. The minimum absolute atomic E-state index is 0. The van der Waals surface area contributed by atoms with Crippen LogP contribution in [-0.2, 0) is 32.7 Å². The smallest absolute Gasteiger partial charge is 0.427 e. The Balaban J connectivity index is -0.000000282. The number of hydrogen-bond acceptors (Lipinski definition) is 3. The van der Waals surface area contributed by atoms with Crippen molar-refractivity contribution >= 4 is 17.9 Å². The summed E-state index contributed by atoms with van der Waals surface area (Å²) in [5.74, 6) is 2.71. The maximum absolute atomic E-state index is 4.54. The molecule has 0 N–H and O–H groups in total. The molecular formula is C39H84N9Y. The van der Waals surface area contributed by atoms with Crippen LogP contribution in [0.15, 0.2) is 15.0 Å². The molecule has 49 heavy (non-hydrogen) atoms. The number of hydrogen-bond donors (Lipinski definition) is 0. The standard InChI is InChI=1S/3C11H24N3.C6H12.Y/c3*1-7-14(8-2)11(12-9(3)4)13-10(5)6;1-2-4-6-5-3-1;/h3*9-10H,7-8H2,1-6H3;1-6H2;/q3*-1;;+3. The second-order valence-corrected chi connectivity index (χ2v) is 13.9. The van der Waals surface area contributed by atoms with Gasteiger partial charge in [-0.15, -0.1) is 0 Å². The first kappa shape index (κ1) is 54.7. The maximum Gasteiger partial charge on any atom is 3.00 e. The van der Waals surface area contributed by atoms with Gasteiger partial charge in [0.05, 0.1) is 0 Å². The largest absolute Gasteiger partial charge is 3.00 e. The van der Waals surface area contributed by atoms with Gasteiger partial charge in [-0.1, -0.05) is 163 Å². The van der Waals surface area contributed by atoms with E-state index in [2.05, 4.69) is 170 Å². The molecule has 9 nitrogen and oxygen atoms in total. The minimum Gasteiger partial charge on any atom is -0.427 e. The number of aliphatic imine (C=N–C) groups is 3. The summed E-state index contributed by atoms with van der Waals surface area (Å²) >= 11 is 0. The predicted octanol–water partition coefficient (Wildman–Crippen LogP) is 11.0. The zero-order chi connectivity index (χ0) is 37.7. The Morgan fingerprint density at radius 1 is 0.388 bits per heavy atom. The first-order chi connectivity index (χ1) is 22.5. The Labute approximate surface area is 333 Å². The van der Waals surface area contributed by atoms with Gasteiger partial charge in [-0.05, 0) is 75.5 Å². The summed E-state index contributed by atoms with van der Waals surface area (Å²) in [7, 11) is 0.